The van der Waals surface area contributed by atoms with E-state index in [0.717, 1.165) is 0 Å². The van der Waals surface area contributed by atoms with Crippen LogP contribution in [0.1, 0.15) is 32.6 Å². The number of rotatable bonds is 5. The third-order valence-electron chi connectivity index (χ3n) is 1.26. The van der Waals surface area contributed by atoms with Crippen molar-refractivity contribution in [2.75, 3.05) is 0 Å². The van der Waals surface area contributed by atoms with E-state index in [2.05, 4.69) is 50.5 Å². The lowest BCUT2D eigenvalue weighted by Gasteiger charge is -1.90. The average Bonchev–Trinajstić information content (AvgIpc) is 1.87. The average molecular weight is 268 g/mol. The zero-order valence-electron chi connectivity index (χ0n) is 6.32. The lowest BCUT2D eigenvalue weighted by molar-refractivity contribution is 0.729. The van der Waals surface area contributed by atoms with Gasteiger partial charge in [-0.1, -0.05) is 31.8 Å². The molecule has 3 heteroatoms. The number of allylic oxidation sites excluding steroid dienone is 1. The third-order valence-corrected chi connectivity index (χ3v) is 1.87. The first-order valence-corrected chi connectivity index (χ1v) is 5.55. The fourth-order valence-electron chi connectivity index (χ4n) is 0.711. The zero-order chi connectivity index (χ0) is 7.82. The topological polar surface area (TPSA) is 0 Å². The van der Waals surface area contributed by atoms with Crippen molar-refractivity contribution in [3.8, 4) is 0 Å². The second-order valence-corrected chi connectivity index (χ2v) is 5.46. The van der Waals surface area contributed by atoms with Crippen LogP contribution in [0.3, 0.4) is 0 Å². The third kappa shape index (κ3) is 8.76. The molecule has 0 rings (SSSR count). The fraction of sp³-hybridized carbons (Fsp3) is 0.714. The van der Waals surface area contributed by atoms with Crippen LogP contribution >= 0.6 is 31.5 Å². The molecule has 0 atom stereocenters. The molecule has 0 aromatic rings. The molecule has 10 heavy (non-hydrogen) atoms. The standard InChI is InChI=1S/C7H13BBr2/c1-2-3-4-5-6-7-8(9)10/h6-7H,2-5H2,1H3/b7-6+. The summed E-state index contributed by atoms with van der Waals surface area (Å²) in [5.74, 6) is 2.12. The minimum atomic E-state index is 0.349. The molecular weight excluding hydrogens is 255 g/mol. The van der Waals surface area contributed by atoms with Crippen LogP contribution in [-0.2, 0) is 0 Å². The molecule has 0 bridgehead atoms. The molecule has 58 valence electrons. The van der Waals surface area contributed by atoms with Crippen LogP contribution in [-0.4, -0.2) is 4.36 Å². The fourth-order valence-corrected chi connectivity index (χ4v) is 1.14. The number of hydrogen-bond acceptors (Lipinski definition) is 0. The Labute approximate surface area is 80.5 Å². The van der Waals surface area contributed by atoms with E-state index in [-0.39, 0.29) is 0 Å². The van der Waals surface area contributed by atoms with E-state index in [4.69, 9.17) is 0 Å². The summed E-state index contributed by atoms with van der Waals surface area (Å²) in [6.07, 6.45) is 7.39. The molecule has 0 heterocycles. The van der Waals surface area contributed by atoms with Crippen LogP contribution in [0, 0.1) is 0 Å². The Morgan fingerprint density at radius 2 is 2.00 bits per heavy atom. The Morgan fingerprint density at radius 1 is 1.30 bits per heavy atom. The molecule has 0 aromatic carbocycles. The lowest BCUT2D eigenvalue weighted by atomic mass is 10.1. The highest BCUT2D eigenvalue weighted by atomic mass is 79.9. The van der Waals surface area contributed by atoms with Gasteiger partial charge < -0.3 is 0 Å². The predicted molar refractivity (Wildman–Crippen MR) is 56.9 cm³/mol. The molecule has 0 saturated carbocycles. The number of hydrogen-bond donors (Lipinski definition) is 0. The van der Waals surface area contributed by atoms with Gasteiger partial charge >= 0.3 is 4.36 Å². The minimum Gasteiger partial charge on any atom is -0.133 e. The zero-order valence-corrected chi connectivity index (χ0v) is 9.49. The van der Waals surface area contributed by atoms with Crippen LogP contribution in [0.5, 0.6) is 0 Å². The van der Waals surface area contributed by atoms with Crippen LogP contribution in [0.2, 0.25) is 0 Å². The van der Waals surface area contributed by atoms with Gasteiger partial charge in [-0.2, -0.15) is 0 Å². The van der Waals surface area contributed by atoms with Crippen molar-refractivity contribution in [1.82, 2.24) is 0 Å². The van der Waals surface area contributed by atoms with Gasteiger partial charge in [-0.15, -0.1) is 31.5 Å². The van der Waals surface area contributed by atoms with Crippen molar-refractivity contribution in [2.45, 2.75) is 32.6 Å². The predicted octanol–water partition coefficient (Wildman–Crippen LogP) is 3.94. The summed E-state index contributed by atoms with van der Waals surface area (Å²) < 4.78 is 0.349. The maximum atomic E-state index is 3.37. The molecule has 0 aromatic heterocycles. The van der Waals surface area contributed by atoms with Gasteiger partial charge in [-0.3, -0.25) is 0 Å². The molecule has 0 nitrogen and oxygen atoms in total. The van der Waals surface area contributed by atoms with Gasteiger partial charge in [0.15, 0.2) is 0 Å². The number of unbranched alkanes of at least 4 members (excludes halogenated alkanes) is 3. The van der Waals surface area contributed by atoms with E-state index >= 15 is 0 Å². The van der Waals surface area contributed by atoms with E-state index < -0.39 is 0 Å². The molecule has 0 saturated heterocycles. The van der Waals surface area contributed by atoms with Crippen LogP contribution < -0.4 is 0 Å². The molecule has 0 amide bonds. The Balaban J connectivity index is 3.02. The summed E-state index contributed by atoms with van der Waals surface area (Å²) in [7, 11) is 0. The van der Waals surface area contributed by atoms with Crippen molar-refractivity contribution < 1.29 is 0 Å². The highest BCUT2D eigenvalue weighted by Crippen LogP contribution is 2.05. The van der Waals surface area contributed by atoms with Crippen molar-refractivity contribution >= 4 is 35.9 Å². The summed E-state index contributed by atoms with van der Waals surface area (Å²) in [5, 5.41) is 0. The maximum Gasteiger partial charge on any atom is 0.322 e. The van der Waals surface area contributed by atoms with E-state index in [9.17, 15) is 0 Å². The van der Waals surface area contributed by atoms with E-state index in [1.165, 1.54) is 25.7 Å². The molecule has 0 N–H and O–H groups in total. The number of halogens is 2. The second kappa shape index (κ2) is 7.87. The van der Waals surface area contributed by atoms with Crippen LogP contribution in [0.25, 0.3) is 0 Å². The summed E-state index contributed by atoms with van der Waals surface area (Å²) in [6, 6.07) is 0. The maximum absolute atomic E-state index is 3.37. The van der Waals surface area contributed by atoms with E-state index in [0.29, 0.717) is 4.36 Å². The normalized spacial score (nSPS) is 10.7. The molecule has 0 radical (unpaired) electrons. The molecule has 0 spiro atoms. The van der Waals surface area contributed by atoms with Crippen molar-refractivity contribution in [3.63, 3.8) is 0 Å². The minimum absolute atomic E-state index is 0.349. The SMILES string of the molecule is CCCCC/C=C/B(Br)Br. The van der Waals surface area contributed by atoms with Crippen molar-refractivity contribution in [2.24, 2.45) is 0 Å². The molecule has 0 unspecified atom stereocenters. The summed E-state index contributed by atoms with van der Waals surface area (Å²) in [6.45, 7) is 2.22. The quantitative estimate of drug-likeness (QED) is 0.523. The second-order valence-electron chi connectivity index (χ2n) is 2.26. The largest absolute Gasteiger partial charge is 0.322 e. The Kier molecular flexibility index (Phi) is 8.47. The highest BCUT2D eigenvalue weighted by Gasteiger charge is 1.93. The molecule has 0 aliphatic carbocycles. The molecular formula is C7H13BBr2. The Hall–Kier alpha value is 0.765. The Morgan fingerprint density at radius 3 is 2.50 bits per heavy atom. The first-order valence-electron chi connectivity index (χ1n) is 3.72. The van der Waals surface area contributed by atoms with Gasteiger partial charge in [0.1, 0.15) is 0 Å². The van der Waals surface area contributed by atoms with E-state index in [1.54, 1.807) is 0 Å². The Bertz CT molecular complexity index is 91.6. The van der Waals surface area contributed by atoms with Gasteiger partial charge in [0, 0.05) is 0 Å². The smallest absolute Gasteiger partial charge is 0.133 e. The first kappa shape index (κ1) is 10.8. The first-order chi connectivity index (χ1) is 4.77. The molecule has 0 fully saturated rings. The van der Waals surface area contributed by atoms with Crippen molar-refractivity contribution in [1.29, 1.82) is 0 Å². The monoisotopic (exact) mass is 266 g/mol. The lowest BCUT2D eigenvalue weighted by Crippen LogP contribution is -1.81. The van der Waals surface area contributed by atoms with Crippen LogP contribution in [0.15, 0.2) is 12.1 Å². The molecule has 0 aliphatic heterocycles. The van der Waals surface area contributed by atoms with Gasteiger partial charge in [0.2, 0.25) is 0 Å². The summed E-state index contributed by atoms with van der Waals surface area (Å²) in [4.78, 5) is 0. The highest BCUT2D eigenvalue weighted by molar-refractivity contribution is 9.49. The van der Waals surface area contributed by atoms with Gasteiger partial charge in [0.05, 0.1) is 0 Å². The summed E-state index contributed by atoms with van der Waals surface area (Å²) >= 11 is 6.75. The molecule has 0 aliphatic rings. The van der Waals surface area contributed by atoms with Gasteiger partial charge in [0.25, 0.3) is 0 Å². The van der Waals surface area contributed by atoms with Gasteiger partial charge in [-0.05, 0) is 12.8 Å². The summed E-state index contributed by atoms with van der Waals surface area (Å²) in [5.41, 5.74) is 0. The van der Waals surface area contributed by atoms with Crippen LogP contribution in [0.4, 0.5) is 0 Å². The van der Waals surface area contributed by atoms with Crippen molar-refractivity contribution in [3.05, 3.63) is 12.1 Å². The van der Waals surface area contributed by atoms with E-state index in [1.807, 2.05) is 0 Å². The van der Waals surface area contributed by atoms with Gasteiger partial charge in [-0.25, -0.2) is 0 Å².